The fraction of sp³-hybridized carbons (Fsp3) is 0.294. The molecule has 0 bridgehead atoms. The molecular formula is C17H19FN2. The van der Waals surface area contributed by atoms with Gasteiger partial charge in [-0.25, -0.2) is 4.39 Å². The van der Waals surface area contributed by atoms with Gasteiger partial charge in [0.1, 0.15) is 5.82 Å². The van der Waals surface area contributed by atoms with Crippen LogP contribution in [0.25, 0.3) is 0 Å². The average Bonchev–Trinajstić information content (AvgIpc) is 2.74. The number of hydrogen-bond acceptors (Lipinski definition) is 2. The third-order valence-electron chi connectivity index (χ3n) is 3.81. The normalized spacial score (nSPS) is 17.4. The van der Waals surface area contributed by atoms with Gasteiger partial charge in [0.2, 0.25) is 0 Å². The van der Waals surface area contributed by atoms with E-state index in [-0.39, 0.29) is 5.82 Å². The molecule has 1 aliphatic rings. The van der Waals surface area contributed by atoms with Crippen LogP contribution in [0.1, 0.15) is 18.1 Å². The maximum Gasteiger partial charge on any atom is 0.125 e. The zero-order chi connectivity index (χ0) is 14.1. The van der Waals surface area contributed by atoms with Crippen molar-refractivity contribution in [2.45, 2.75) is 25.9 Å². The van der Waals surface area contributed by atoms with Crippen LogP contribution in [0, 0.1) is 5.82 Å². The molecule has 0 aliphatic carbocycles. The Labute approximate surface area is 119 Å². The second kappa shape index (κ2) is 5.25. The quantitative estimate of drug-likeness (QED) is 0.916. The van der Waals surface area contributed by atoms with Crippen molar-refractivity contribution in [1.29, 1.82) is 0 Å². The van der Waals surface area contributed by atoms with E-state index in [9.17, 15) is 4.39 Å². The maximum atomic E-state index is 13.9. The van der Waals surface area contributed by atoms with Crippen LogP contribution in [0.4, 0.5) is 15.8 Å². The molecule has 2 nitrogen and oxygen atoms in total. The third kappa shape index (κ3) is 2.29. The van der Waals surface area contributed by atoms with E-state index in [1.54, 1.807) is 12.1 Å². The number of halogens is 1. The van der Waals surface area contributed by atoms with Crippen molar-refractivity contribution in [3.8, 4) is 0 Å². The first-order valence-corrected chi connectivity index (χ1v) is 7.00. The lowest BCUT2D eigenvalue weighted by Crippen LogP contribution is -2.24. The Morgan fingerprint density at radius 2 is 2.05 bits per heavy atom. The van der Waals surface area contributed by atoms with Crippen molar-refractivity contribution in [1.82, 2.24) is 5.32 Å². The van der Waals surface area contributed by atoms with Crippen LogP contribution in [0.5, 0.6) is 0 Å². The highest BCUT2D eigenvalue weighted by Crippen LogP contribution is 2.38. The first-order valence-electron chi connectivity index (χ1n) is 7.00. The molecule has 0 fully saturated rings. The van der Waals surface area contributed by atoms with Crippen molar-refractivity contribution >= 4 is 11.4 Å². The number of nitrogens with one attached hydrogen (secondary N) is 1. The standard InChI is InChI=1S/C17H19FN2/c1-12-7-14-5-3-4-6-17(14)20(12)16-9-13(11-19-2)8-15(18)10-16/h3-6,8-10,12,19H,7,11H2,1-2H3. The van der Waals surface area contributed by atoms with Gasteiger partial charge >= 0.3 is 0 Å². The van der Waals surface area contributed by atoms with Gasteiger partial charge in [0.15, 0.2) is 0 Å². The van der Waals surface area contributed by atoms with Crippen molar-refractivity contribution in [2.75, 3.05) is 11.9 Å². The molecule has 3 heteroatoms. The van der Waals surface area contributed by atoms with E-state index in [0.29, 0.717) is 12.6 Å². The molecule has 1 unspecified atom stereocenters. The molecule has 0 saturated carbocycles. The van der Waals surface area contributed by atoms with Crippen molar-refractivity contribution in [3.63, 3.8) is 0 Å². The fourth-order valence-corrected chi connectivity index (χ4v) is 3.04. The monoisotopic (exact) mass is 270 g/mol. The average molecular weight is 270 g/mol. The molecule has 20 heavy (non-hydrogen) atoms. The highest BCUT2D eigenvalue weighted by molar-refractivity contribution is 5.71. The highest BCUT2D eigenvalue weighted by Gasteiger charge is 2.27. The van der Waals surface area contributed by atoms with Crippen molar-refractivity contribution < 1.29 is 4.39 Å². The first-order chi connectivity index (χ1) is 9.69. The van der Waals surface area contributed by atoms with E-state index in [1.807, 2.05) is 13.1 Å². The van der Waals surface area contributed by atoms with E-state index < -0.39 is 0 Å². The summed E-state index contributed by atoms with van der Waals surface area (Å²) in [5.74, 6) is -0.177. The molecule has 1 heterocycles. The summed E-state index contributed by atoms with van der Waals surface area (Å²) in [5, 5.41) is 3.07. The van der Waals surface area contributed by atoms with Gasteiger partial charge < -0.3 is 10.2 Å². The van der Waals surface area contributed by atoms with E-state index in [2.05, 4.69) is 41.4 Å². The predicted octanol–water partition coefficient (Wildman–Crippen LogP) is 3.63. The molecular weight excluding hydrogens is 251 g/mol. The zero-order valence-corrected chi connectivity index (χ0v) is 11.9. The Kier molecular flexibility index (Phi) is 3.45. The van der Waals surface area contributed by atoms with Gasteiger partial charge in [0.25, 0.3) is 0 Å². The fourth-order valence-electron chi connectivity index (χ4n) is 3.04. The molecule has 104 valence electrons. The lowest BCUT2D eigenvalue weighted by atomic mass is 10.1. The van der Waals surface area contributed by atoms with Gasteiger partial charge in [-0.15, -0.1) is 0 Å². The van der Waals surface area contributed by atoms with Gasteiger partial charge in [0, 0.05) is 24.0 Å². The van der Waals surface area contributed by atoms with Gasteiger partial charge in [-0.05, 0) is 55.8 Å². The molecule has 2 aromatic rings. The topological polar surface area (TPSA) is 15.3 Å². The van der Waals surface area contributed by atoms with E-state index in [4.69, 9.17) is 0 Å². The van der Waals surface area contributed by atoms with Gasteiger partial charge in [0.05, 0.1) is 0 Å². The van der Waals surface area contributed by atoms with Gasteiger partial charge in [-0.3, -0.25) is 0 Å². The summed E-state index contributed by atoms with van der Waals surface area (Å²) in [5.41, 5.74) is 4.44. The molecule has 0 spiro atoms. The summed E-state index contributed by atoms with van der Waals surface area (Å²) in [6.45, 7) is 2.86. The first kappa shape index (κ1) is 13.1. The maximum absolute atomic E-state index is 13.9. The minimum Gasteiger partial charge on any atom is -0.338 e. The van der Waals surface area contributed by atoms with Crippen LogP contribution in [-0.2, 0) is 13.0 Å². The van der Waals surface area contributed by atoms with E-state index in [0.717, 1.165) is 17.7 Å². The number of rotatable bonds is 3. The highest BCUT2D eigenvalue weighted by atomic mass is 19.1. The SMILES string of the molecule is CNCc1cc(F)cc(N2c3ccccc3CC2C)c1. The molecule has 1 N–H and O–H groups in total. The Morgan fingerprint density at radius 3 is 2.85 bits per heavy atom. The molecule has 1 aliphatic heterocycles. The summed E-state index contributed by atoms with van der Waals surface area (Å²) in [6.07, 6.45) is 1.01. The molecule has 2 aromatic carbocycles. The second-order valence-electron chi connectivity index (χ2n) is 5.40. The van der Waals surface area contributed by atoms with Crippen LogP contribution < -0.4 is 10.2 Å². The Hall–Kier alpha value is -1.87. The van der Waals surface area contributed by atoms with Crippen LogP contribution in [-0.4, -0.2) is 13.1 Å². The summed E-state index contributed by atoms with van der Waals surface area (Å²) in [7, 11) is 1.87. The molecule has 0 amide bonds. The number of anilines is 2. The van der Waals surface area contributed by atoms with Gasteiger partial charge in [-0.1, -0.05) is 18.2 Å². The minimum atomic E-state index is -0.177. The predicted molar refractivity (Wildman–Crippen MR) is 80.9 cm³/mol. The number of para-hydroxylation sites is 1. The molecule has 0 aromatic heterocycles. The lowest BCUT2D eigenvalue weighted by Gasteiger charge is -2.25. The van der Waals surface area contributed by atoms with E-state index in [1.165, 1.54) is 11.3 Å². The Bertz CT molecular complexity index is 624. The summed E-state index contributed by atoms with van der Waals surface area (Å²) >= 11 is 0. The third-order valence-corrected chi connectivity index (χ3v) is 3.81. The lowest BCUT2D eigenvalue weighted by molar-refractivity contribution is 0.622. The number of fused-ring (bicyclic) bond motifs is 1. The van der Waals surface area contributed by atoms with Crippen molar-refractivity contribution in [2.24, 2.45) is 0 Å². The van der Waals surface area contributed by atoms with Crippen molar-refractivity contribution in [3.05, 3.63) is 59.4 Å². The Balaban J connectivity index is 2.04. The number of benzene rings is 2. The van der Waals surface area contributed by atoms with Crippen LogP contribution in [0.2, 0.25) is 0 Å². The smallest absolute Gasteiger partial charge is 0.125 e. The molecule has 3 rings (SSSR count). The minimum absolute atomic E-state index is 0.177. The summed E-state index contributed by atoms with van der Waals surface area (Å²) in [6, 6.07) is 14.0. The Morgan fingerprint density at radius 1 is 1.25 bits per heavy atom. The molecule has 1 atom stereocenters. The number of hydrogen-bond donors (Lipinski definition) is 1. The van der Waals surface area contributed by atoms with E-state index >= 15 is 0 Å². The van der Waals surface area contributed by atoms with Crippen LogP contribution >= 0.6 is 0 Å². The molecule has 0 radical (unpaired) electrons. The zero-order valence-electron chi connectivity index (χ0n) is 11.9. The molecule has 0 saturated heterocycles. The van der Waals surface area contributed by atoms with Crippen LogP contribution in [0.15, 0.2) is 42.5 Å². The summed E-state index contributed by atoms with van der Waals surface area (Å²) in [4.78, 5) is 2.23. The van der Waals surface area contributed by atoms with Gasteiger partial charge in [-0.2, -0.15) is 0 Å². The second-order valence-corrected chi connectivity index (χ2v) is 5.40. The largest absolute Gasteiger partial charge is 0.338 e. The van der Waals surface area contributed by atoms with Crippen LogP contribution in [0.3, 0.4) is 0 Å². The number of nitrogens with zero attached hydrogens (tertiary/aromatic N) is 1. The summed E-state index contributed by atoms with van der Waals surface area (Å²) < 4.78 is 13.9.